The lowest BCUT2D eigenvalue weighted by molar-refractivity contribution is 0.0222. The van der Waals surface area contributed by atoms with E-state index in [-0.39, 0.29) is 6.04 Å². The van der Waals surface area contributed by atoms with E-state index in [0.29, 0.717) is 18.5 Å². The van der Waals surface area contributed by atoms with Crippen LogP contribution >= 0.6 is 0 Å². The second kappa shape index (κ2) is 8.94. The van der Waals surface area contributed by atoms with Crippen LogP contribution in [-0.4, -0.2) is 56.2 Å². The first-order valence-corrected chi connectivity index (χ1v) is 13.3. The lowest BCUT2D eigenvalue weighted by Crippen LogP contribution is -2.57. The molecule has 0 N–H and O–H groups in total. The Morgan fingerprint density at radius 2 is 2.03 bits per heavy atom. The zero-order valence-electron chi connectivity index (χ0n) is 18.0. The molecule has 3 atom stereocenters. The van der Waals surface area contributed by atoms with Crippen LogP contribution in [-0.2, 0) is 16.4 Å². The SMILES string of the molecule is CCCCCCOc1ccc2c(c1)CCN1CC3CCCN(S(C)(=O)=O)C3CC21. The van der Waals surface area contributed by atoms with Crippen LogP contribution in [0.15, 0.2) is 18.2 Å². The maximum absolute atomic E-state index is 12.4. The molecular weight excluding hydrogens is 384 g/mol. The second-order valence-electron chi connectivity index (χ2n) is 9.11. The van der Waals surface area contributed by atoms with Gasteiger partial charge in [0, 0.05) is 31.7 Å². The van der Waals surface area contributed by atoms with Gasteiger partial charge in [0.15, 0.2) is 0 Å². The number of fused-ring (bicyclic) bond motifs is 4. The summed E-state index contributed by atoms with van der Waals surface area (Å²) in [4.78, 5) is 2.60. The van der Waals surface area contributed by atoms with E-state index in [1.165, 1.54) is 36.6 Å². The fourth-order valence-electron chi connectivity index (χ4n) is 5.61. The Bertz CT molecular complexity index is 810. The van der Waals surface area contributed by atoms with Crippen molar-refractivity contribution in [3.8, 4) is 5.75 Å². The predicted molar refractivity (Wildman–Crippen MR) is 117 cm³/mol. The summed E-state index contributed by atoms with van der Waals surface area (Å²) in [6.07, 6.45) is 10.4. The Kier molecular flexibility index (Phi) is 6.52. The molecule has 0 aromatic heterocycles. The van der Waals surface area contributed by atoms with Gasteiger partial charge in [-0.05, 0) is 61.3 Å². The third kappa shape index (κ3) is 4.64. The number of ether oxygens (including phenoxy) is 1. The van der Waals surface area contributed by atoms with E-state index in [9.17, 15) is 8.42 Å². The van der Waals surface area contributed by atoms with Gasteiger partial charge >= 0.3 is 0 Å². The molecule has 1 aromatic rings. The minimum absolute atomic E-state index is 0.153. The molecule has 162 valence electrons. The van der Waals surface area contributed by atoms with Gasteiger partial charge in [-0.15, -0.1) is 0 Å². The summed E-state index contributed by atoms with van der Waals surface area (Å²) in [6, 6.07) is 7.07. The fourth-order valence-corrected chi connectivity index (χ4v) is 6.82. The minimum atomic E-state index is -3.14. The molecule has 4 rings (SSSR count). The van der Waals surface area contributed by atoms with Crippen molar-refractivity contribution in [1.29, 1.82) is 0 Å². The van der Waals surface area contributed by atoms with E-state index >= 15 is 0 Å². The largest absolute Gasteiger partial charge is 0.494 e. The van der Waals surface area contributed by atoms with Gasteiger partial charge < -0.3 is 4.74 Å². The van der Waals surface area contributed by atoms with Crippen LogP contribution in [0, 0.1) is 5.92 Å². The van der Waals surface area contributed by atoms with Crippen molar-refractivity contribution in [3.63, 3.8) is 0 Å². The highest BCUT2D eigenvalue weighted by molar-refractivity contribution is 7.88. The molecule has 0 aliphatic carbocycles. The molecule has 0 amide bonds. The molecular formula is C23H36N2O3S. The van der Waals surface area contributed by atoms with Crippen molar-refractivity contribution in [2.24, 2.45) is 5.92 Å². The zero-order valence-corrected chi connectivity index (χ0v) is 18.8. The number of unbranched alkanes of at least 4 members (excludes halogenated alkanes) is 3. The summed E-state index contributed by atoms with van der Waals surface area (Å²) < 4.78 is 32.5. The first-order valence-electron chi connectivity index (χ1n) is 11.4. The van der Waals surface area contributed by atoms with Gasteiger partial charge in [0.2, 0.25) is 10.0 Å². The van der Waals surface area contributed by atoms with Crippen molar-refractivity contribution in [3.05, 3.63) is 29.3 Å². The number of nitrogens with zero attached hydrogens (tertiary/aromatic N) is 2. The number of hydrogen-bond acceptors (Lipinski definition) is 4. The average Bonchev–Trinajstić information content (AvgIpc) is 2.70. The van der Waals surface area contributed by atoms with Gasteiger partial charge in [-0.1, -0.05) is 32.3 Å². The monoisotopic (exact) mass is 420 g/mol. The highest BCUT2D eigenvalue weighted by atomic mass is 32.2. The molecule has 0 bridgehead atoms. The van der Waals surface area contributed by atoms with Crippen LogP contribution in [0.1, 0.15) is 69.0 Å². The number of benzene rings is 1. The predicted octanol–water partition coefficient (Wildman–Crippen LogP) is 3.99. The molecule has 0 radical (unpaired) electrons. The molecule has 0 saturated carbocycles. The highest BCUT2D eigenvalue weighted by Crippen LogP contribution is 2.44. The molecule has 3 aliphatic rings. The third-order valence-corrected chi connectivity index (χ3v) is 8.38. The van der Waals surface area contributed by atoms with Crippen LogP contribution in [0.5, 0.6) is 5.75 Å². The van der Waals surface area contributed by atoms with Gasteiger partial charge in [-0.2, -0.15) is 4.31 Å². The first-order chi connectivity index (χ1) is 14.0. The summed E-state index contributed by atoms with van der Waals surface area (Å²) in [6.45, 7) is 5.80. The molecule has 2 fully saturated rings. The molecule has 3 aliphatic heterocycles. The quantitative estimate of drug-likeness (QED) is 0.626. The van der Waals surface area contributed by atoms with Gasteiger partial charge in [-0.3, -0.25) is 4.90 Å². The van der Waals surface area contributed by atoms with Crippen LogP contribution in [0.3, 0.4) is 0 Å². The molecule has 2 saturated heterocycles. The molecule has 6 heteroatoms. The van der Waals surface area contributed by atoms with Crippen LogP contribution in [0.4, 0.5) is 0 Å². The maximum atomic E-state index is 12.4. The molecule has 1 aromatic carbocycles. The van der Waals surface area contributed by atoms with Crippen molar-refractivity contribution in [2.45, 2.75) is 70.4 Å². The zero-order chi connectivity index (χ0) is 20.4. The van der Waals surface area contributed by atoms with Crippen molar-refractivity contribution < 1.29 is 13.2 Å². The number of sulfonamides is 1. The summed E-state index contributed by atoms with van der Waals surface area (Å²) in [5.41, 5.74) is 2.77. The first kappa shape index (κ1) is 21.1. The summed E-state index contributed by atoms with van der Waals surface area (Å²) in [5.74, 6) is 1.46. The fraction of sp³-hybridized carbons (Fsp3) is 0.739. The molecule has 5 nitrogen and oxygen atoms in total. The minimum Gasteiger partial charge on any atom is -0.494 e. The Morgan fingerprint density at radius 1 is 1.17 bits per heavy atom. The standard InChI is InChI=1S/C23H36N2O3S/c1-3-4-5-6-14-28-20-9-10-21-18(15-20)11-13-24-17-19-8-7-12-25(29(2,26)27)22(19)16-23(21)24/h9-10,15,19,22-23H,3-8,11-14,16-17H2,1-2H3. The van der Waals surface area contributed by atoms with Crippen molar-refractivity contribution >= 4 is 10.0 Å². The van der Waals surface area contributed by atoms with E-state index in [1.54, 1.807) is 4.31 Å². The van der Waals surface area contributed by atoms with Crippen molar-refractivity contribution in [1.82, 2.24) is 9.21 Å². The van der Waals surface area contributed by atoms with E-state index in [1.807, 2.05) is 0 Å². The molecule has 3 heterocycles. The van der Waals surface area contributed by atoms with Crippen molar-refractivity contribution in [2.75, 3.05) is 32.5 Å². The number of piperidine rings is 2. The second-order valence-corrected chi connectivity index (χ2v) is 11.0. The summed E-state index contributed by atoms with van der Waals surface area (Å²) in [7, 11) is -3.14. The summed E-state index contributed by atoms with van der Waals surface area (Å²) in [5, 5.41) is 0. The maximum Gasteiger partial charge on any atom is 0.211 e. The van der Waals surface area contributed by atoms with Gasteiger partial charge in [0.05, 0.1) is 12.9 Å². The average molecular weight is 421 g/mol. The van der Waals surface area contributed by atoms with Gasteiger partial charge in [0.25, 0.3) is 0 Å². The van der Waals surface area contributed by atoms with Gasteiger partial charge in [0.1, 0.15) is 5.75 Å². The Hall–Kier alpha value is -1.11. The van der Waals surface area contributed by atoms with Gasteiger partial charge in [-0.25, -0.2) is 8.42 Å². The Morgan fingerprint density at radius 3 is 2.83 bits per heavy atom. The van der Waals surface area contributed by atoms with E-state index in [4.69, 9.17) is 4.74 Å². The molecule has 0 spiro atoms. The lowest BCUT2D eigenvalue weighted by atomic mass is 9.77. The summed E-state index contributed by atoms with van der Waals surface area (Å²) >= 11 is 0. The van der Waals surface area contributed by atoms with Crippen LogP contribution in [0.25, 0.3) is 0 Å². The lowest BCUT2D eigenvalue weighted by Gasteiger charge is -2.51. The smallest absolute Gasteiger partial charge is 0.211 e. The van der Waals surface area contributed by atoms with E-state index in [0.717, 1.165) is 57.6 Å². The Labute approximate surface area is 176 Å². The third-order valence-electron chi connectivity index (χ3n) is 7.08. The normalized spacial score (nSPS) is 27.7. The van der Waals surface area contributed by atoms with Crippen LogP contribution < -0.4 is 4.74 Å². The van der Waals surface area contributed by atoms with E-state index in [2.05, 4.69) is 30.0 Å². The van der Waals surface area contributed by atoms with E-state index < -0.39 is 10.0 Å². The Balaban J connectivity index is 1.47. The highest BCUT2D eigenvalue weighted by Gasteiger charge is 2.44. The molecule has 29 heavy (non-hydrogen) atoms. The number of rotatable bonds is 7. The van der Waals surface area contributed by atoms with Crippen LogP contribution in [0.2, 0.25) is 0 Å². The number of hydrogen-bond donors (Lipinski definition) is 0. The topological polar surface area (TPSA) is 49.9 Å². The molecule has 3 unspecified atom stereocenters.